The lowest BCUT2D eigenvalue weighted by atomic mass is 9.93. The molecule has 3 rings (SSSR count). The molecule has 1 aromatic carbocycles. The van der Waals surface area contributed by atoms with E-state index >= 15 is 0 Å². The van der Waals surface area contributed by atoms with Crippen LogP contribution in [0.1, 0.15) is 30.0 Å². The molecule has 24 heavy (non-hydrogen) atoms. The van der Waals surface area contributed by atoms with Crippen LogP contribution in [-0.2, 0) is 23.9 Å². The maximum Gasteiger partial charge on any atom is 0.0644 e. The molecule has 0 radical (unpaired) electrons. The molecule has 1 atom stereocenters. The molecule has 6 heteroatoms. The predicted octanol–water partition coefficient (Wildman–Crippen LogP) is 1.99. The topological polar surface area (TPSA) is 58.4 Å². The lowest BCUT2D eigenvalue weighted by molar-refractivity contribution is 0.199. The summed E-state index contributed by atoms with van der Waals surface area (Å²) in [5.41, 5.74) is 2.52. The SMILES string of the molecule is CS(=O)c1ccc(CN2CCC(c3ccnn3CCO)CC2)cc1. The van der Waals surface area contributed by atoms with Gasteiger partial charge in [-0.1, -0.05) is 12.1 Å². The highest BCUT2D eigenvalue weighted by Crippen LogP contribution is 2.28. The van der Waals surface area contributed by atoms with Gasteiger partial charge in [0, 0.05) is 46.3 Å². The minimum Gasteiger partial charge on any atom is -0.394 e. The molecule has 1 unspecified atom stereocenters. The second-order valence-electron chi connectivity index (χ2n) is 6.35. The van der Waals surface area contributed by atoms with Crippen LogP contribution in [0.15, 0.2) is 41.4 Å². The Hall–Kier alpha value is -1.50. The fourth-order valence-corrected chi connectivity index (χ4v) is 3.92. The molecule has 0 amide bonds. The van der Waals surface area contributed by atoms with Crippen molar-refractivity contribution in [2.24, 2.45) is 0 Å². The summed E-state index contributed by atoms with van der Waals surface area (Å²) in [6.45, 7) is 3.78. The van der Waals surface area contributed by atoms with Crippen LogP contribution in [0.4, 0.5) is 0 Å². The highest BCUT2D eigenvalue weighted by Gasteiger charge is 2.23. The monoisotopic (exact) mass is 347 g/mol. The van der Waals surface area contributed by atoms with E-state index in [4.69, 9.17) is 5.11 Å². The van der Waals surface area contributed by atoms with Gasteiger partial charge in [0.25, 0.3) is 0 Å². The molecule has 1 aliphatic heterocycles. The largest absolute Gasteiger partial charge is 0.394 e. The van der Waals surface area contributed by atoms with Crippen LogP contribution in [0.3, 0.4) is 0 Å². The lowest BCUT2D eigenvalue weighted by Gasteiger charge is -2.32. The molecule has 2 heterocycles. The highest BCUT2D eigenvalue weighted by atomic mass is 32.2. The van der Waals surface area contributed by atoms with Gasteiger partial charge in [-0.05, 0) is 49.7 Å². The smallest absolute Gasteiger partial charge is 0.0644 e. The van der Waals surface area contributed by atoms with Gasteiger partial charge in [-0.2, -0.15) is 5.10 Å². The molecule has 0 saturated carbocycles. The molecule has 130 valence electrons. The van der Waals surface area contributed by atoms with E-state index < -0.39 is 10.8 Å². The van der Waals surface area contributed by atoms with E-state index in [-0.39, 0.29) is 6.61 Å². The predicted molar refractivity (Wildman–Crippen MR) is 95.3 cm³/mol. The van der Waals surface area contributed by atoms with Gasteiger partial charge >= 0.3 is 0 Å². The van der Waals surface area contributed by atoms with Crippen LogP contribution < -0.4 is 0 Å². The van der Waals surface area contributed by atoms with E-state index in [0.717, 1.165) is 37.4 Å². The third-order valence-corrected chi connectivity index (χ3v) is 5.66. The van der Waals surface area contributed by atoms with Crippen molar-refractivity contribution >= 4 is 10.8 Å². The van der Waals surface area contributed by atoms with Gasteiger partial charge in [0.15, 0.2) is 0 Å². The zero-order chi connectivity index (χ0) is 16.9. The fraction of sp³-hybridized carbons (Fsp3) is 0.500. The number of aliphatic hydroxyl groups is 1. The molecule has 0 bridgehead atoms. The Morgan fingerprint density at radius 1 is 1.21 bits per heavy atom. The number of piperidine rings is 1. The van der Waals surface area contributed by atoms with Crippen LogP contribution in [0.5, 0.6) is 0 Å². The Balaban J connectivity index is 1.55. The Kier molecular flexibility index (Phi) is 5.81. The standard InChI is InChI=1S/C18H25N3O2S/c1-24(23)17-4-2-15(3-5-17)14-20-10-7-16(8-11-20)18-6-9-19-21(18)12-13-22/h2-6,9,16,22H,7-8,10-14H2,1H3. The lowest BCUT2D eigenvalue weighted by Crippen LogP contribution is -2.33. The molecular formula is C18H25N3O2S. The van der Waals surface area contributed by atoms with Crippen LogP contribution in [0.25, 0.3) is 0 Å². The molecule has 1 fully saturated rings. The molecule has 0 aliphatic carbocycles. The summed E-state index contributed by atoms with van der Waals surface area (Å²) in [4.78, 5) is 3.36. The van der Waals surface area contributed by atoms with Crippen LogP contribution >= 0.6 is 0 Å². The molecule has 1 N–H and O–H groups in total. The van der Waals surface area contributed by atoms with Crippen LogP contribution in [0.2, 0.25) is 0 Å². The first-order valence-electron chi connectivity index (χ1n) is 8.44. The van der Waals surface area contributed by atoms with Gasteiger partial charge in [-0.3, -0.25) is 13.8 Å². The maximum atomic E-state index is 11.4. The summed E-state index contributed by atoms with van der Waals surface area (Å²) in [7, 11) is -0.910. The van der Waals surface area contributed by atoms with Crippen molar-refractivity contribution in [3.05, 3.63) is 47.8 Å². The summed E-state index contributed by atoms with van der Waals surface area (Å²) in [6.07, 6.45) is 5.78. The third-order valence-electron chi connectivity index (χ3n) is 4.73. The number of benzene rings is 1. The Morgan fingerprint density at radius 3 is 2.54 bits per heavy atom. The molecule has 2 aromatic rings. The van der Waals surface area contributed by atoms with Crippen LogP contribution in [0, 0.1) is 0 Å². The number of likely N-dealkylation sites (tertiary alicyclic amines) is 1. The van der Waals surface area contributed by atoms with E-state index in [1.807, 2.05) is 23.0 Å². The van der Waals surface area contributed by atoms with Gasteiger partial charge in [0.05, 0.1) is 13.2 Å². The van der Waals surface area contributed by atoms with E-state index in [1.54, 1.807) is 6.26 Å². The first-order chi connectivity index (χ1) is 11.7. The van der Waals surface area contributed by atoms with Gasteiger partial charge in [-0.15, -0.1) is 0 Å². The van der Waals surface area contributed by atoms with E-state index in [0.29, 0.717) is 12.5 Å². The van der Waals surface area contributed by atoms with E-state index in [1.165, 1.54) is 11.3 Å². The molecular weight excluding hydrogens is 322 g/mol. The molecule has 1 aromatic heterocycles. The number of aromatic nitrogens is 2. The Bertz CT molecular complexity index is 676. The summed E-state index contributed by atoms with van der Waals surface area (Å²) >= 11 is 0. The number of hydrogen-bond donors (Lipinski definition) is 1. The van der Waals surface area contributed by atoms with Crippen molar-refractivity contribution in [2.45, 2.75) is 36.7 Å². The molecule has 1 aliphatic rings. The van der Waals surface area contributed by atoms with Gasteiger partial charge < -0.3 is 5.11 Å². The summed E-state index contributed by atoms with van der Waals surface area (Å²) in [5.74, 6) is 0.528. The quantitative estimate of drug-likeness (QED) is 0.868. The summed E-state index contributed by atoms with van der Waals surface area (Å²) in [6, 6.07) is 10.2. The zero-order valence-corrected chi connectivity index (χ0v) is 14.9. The van der Waals surface area contributed by atoms with Gasteiger partial charge in [0.1, 0.15) is 0 Å². The van der Waals surface area contributed by atoms with Crippen molar-refractivity contribution in [3.63, 3.8) is 0 Å². The zero-order valence-electron chi connectivity index (χ0n) is 14.1. The molecule has 5 nitrogen and oxygen atoms in total. The second-order valence-corrected chi connectivity index (χ2v) is 7.73. The van der Waals surface area contributed by atoms with Gasteiger partial charge in [0.2, 0.25) is 0 Å². The third kappa shape index (κ3) is 4.12. The number of hydrogen-bond acceptors (Lipinski definition) is 4. The minimum absolute atomic E-state index is 0.131. The van der Waals surface area contributed by atoms with E-state index in [9.17, 15) is 4.21 Å². The number of nitrogens with zero attached hydrogens (tertiary/aromatic N) is 3. The summed E-state index contributed by atoms with van der Waals surface area (Å²) < 4.78 is 13.4. The first-order valence-corrected chi connectivity index (χ1v) is 10.0. The molecule has 1 saturated heterocycles. The van der Waals surface area contributed by atoms with E-state index in [2.05, 4.69) is 28.2 Å². The van der Waals surface area contributed by atoms with Crippen molar-refractivity contribution in [3.8, 4) is 0 Å². The average Bonchev–Trinajstić information content (AvgIpc) is 3.05. The minimum atomic E-state index is -0.910. The number of aliphatic hydroxyl groups excluding tert-OH is 1. The van der Waals surface area contributed by atoms with Crippen LogP contribution in [-0.4, -0.2) is 49.9 Å². The van der Waals surface area contributed by atoms with Crippen molar-refractivity contribution in [1.82, 2.24) is 14.7 Å². The summed E-state index contributed by atoms with van der Waals surface area (Å²) in [5, 5.41) is 13.4. The second kappa shape index (κ2) is 8.05. The maximum absolute atomic E-state index is 11.4. The van der Waals surface area contributed by atoms with Gasteiger partial charge in [-0.25, -0.2) is 0 Å². The Labute approximate surface area is 145 Å². The van der Waals surface area contributed by atoms with Crippen molar-refractivity contribution < 1.29 is 9.32 Å². The van der Waals surface area contributed by atoms with Crippen molar-refractivity contribution in [1.29, 1.82) is 0 Å². The van der Waals surface area contributed by atoms with Crippen molar-refractivity contribution in [2.75, 3.05) is 26.0 Å². The number of rotatable bonds is 6. The highest BCUT2D eigenvalue weighted by molar-refractivity contribution is 7.84. The Morgan fingerprint density at radius 2 is 1.92 bits per heavy atom. The average molecular weight is 347 g/mol. The first kappa shape index (κ1) is 17.3. The fourth-order valence-electron chi connectivity index (χ4n) is 3.40. The molecule has 0 spiro atoms. The normalized spacial score (nSPS) is 17.9.